The van der Waals surface area contributed by atoms with Gasteiger partial charge in [-0.2, -0.15) is 9.78 Å². The average molecular weight is 342 g/mol. The number of para-hydroxylation sites is 2. The van der Waals surface area contributed by atoms with Gasteiger partial charge >= 0.3 is 12.3 Å². The van der Waals surface area contributed by atoms with E-state index in [-0.39, 0.29) is 17.3 Å². The van der Waals surface area contributed by atoms with Crippen molar-refractivity contribution in [3.8, 4) is 11.4 Å². The summed E-state index contributed by atoms with van der Waals surface area (Å²) in [4.78, 5) is 23.5. The highest BCUT2D eigenvalue weighted by Crippen LogP contribution is 2.28. The van der Waals surface area contributed by atoms with E-state index in [1.54, 1.807) is 13.8 Å². The van der Waals surface area contributed by atoms with Crippen LogP contribution in [0.5, 0.6) is 5.75 Å². The molecule has 0 radical (unpaired) electrons. The number of alkyl halides is 3. The molecule has 128 valence electrons. The van der Waals surface area contributed by atoms with Crippen LogP contribution in [-0.2, 0) is 0 Å². The van der Waals surface area contributed by atoms with Crippen LogP contribution in [0.3, 0.4) is 0 Å². The van der Waals surface area contributed by atoms with Crippen molar-refractivity contribution in [1.82, 2.24) is 9.78 Å². The molecule has 1 aromatic carbocycles. The predicted molar refractivity (Wildman–Crippen MR) is 77.6 cm³/mol. The first-order chi connectivity index (χ1) is 11.1. The third-order valence-electron chi connectivity index (χ3n) is 3.07. The number of aromatic carboxylic acids is 1. The van der Waals surface area contributed by atoms with Crippen LogP contribution in [0.1, 0.15) is 35.8 Å². The van der Waals surface area contributed by atoms with Gasteiger partial charge in [0.1, 0.15) is 11.3 Å². The van der Waals surface area contributed by atoms with Gasteiger partial charge in [-0.05, 0) is 24.1 Å². The molecule has 0 amide bonds. The second-order valence-corrected chi connectivity index (χ2v) is 5.18. The van der Waals surface area contributed by atoms with Crippen LogP contribution in [0.2, 0.25) is 0 Å². The van der Waals surface area contributed by atoms with Gasteiger partial charge in [0.2, 0.25) is 0 Å². The third kappa shape index (κ3) is 3.73. The molecule has 0 aliphatic heterocycles. The number of hydrogen-bond donors (Lipinski definition) is 1. The topological polar surface area (TPSA) is 81.4 Å². The highest BCUT2D eigenvalue weighted by atomic mass is 19.4. The zero-order chi connectivity index (χ0) is 18.1. The molecule has 0 spiro atoms. The highest BCUT2D eigenvalue weighted by molar-refractivity contribution is 5.87. The first-order valence-corrected chi connectivity index (χ1v) is 6.83. The Morgan fingerprint density at radius 2 is 1.92 bits per heavy atom. The van der Waals surface area contributed by atoms with E-state index >= 15 is 0 Å². The monoisotopic (exact) mass is 342 g/mol. The van der Waals surface area contributed by atoms with Gasteiger partial charge in [-0.15, -0.1) is 13.2 Å². The fraction of sp³-hybridized carbons (Fsp3) is 0.267. The van der Waals surface area contributed by atoms with Gasteiger partial charge in [0.05, 0.1) is 5.69 Å². The summed E-state index contributed by atoms with van der Waals surface area (Å²) in [5, 5.41) is 13.1. The number of halogens is 3. The number of aromatic nitrogens is 2. The number of ether oxygens (including phenoxy) is 1. The SMILES string of the molecule is CC(C)c1cc(C(=O)O)c(=O)n(-c2ccccc2OC(F)(F)F)n1. The van der Waals surface area contributed by atoms with Gasteiger partial charge in [-0.1, -0.05) is 26.0 Å². The molecule has 0 aliphatic carbocycles. The van der Waals surface area contributed by atoms with Crippen molar-refractivity contribution in [2.75, 3.05) is 0 Å². The van der Waals surface area contributed by atoms with Crippen LogP contribution in [0.25, 0.3) is 5.69 Å². The van der Waals surface area contributed by atoms with E-state index in [1.807, 2.05) is 0 Å². The maximum atomic E-state index is 12.5. The third-order valence-corrected chi connectivity index (χ3v) is 3.07. The summed E-state index contributed by atoms with van der Waals surface area (Å²) in [5.74, 6) is -2.39. The molecule has 2 rings (SSSR count). The van der Waals surface area contributed by atoms with Crippen molar-refractivity contribution in [3.05, 3.63) is 51.9 Å². The maximum absolute atomic E-state index is 12.5. The van der Waals surface area contributed by atoms with Gasteiger partial charge < -0.3 is 9.84 Å². The molecule has 1 heterocycles. The number of benzene rings is 1. The van der Waals surface area contributed by atoms with Gasteiger partial charge in [-0.3, -0.25) is 4.79 Å². The van der Waals surface area contributed by atoms with Gasteiger partial charge in [0, 0.05) is 0 Å². The largest absolute Gasteiger partial charge is 0.573 e. The minimum Gasteiger partial charge on any atom is -0.477 e. The zero-order valence-electron chi connectivity index (χ0n) is 12.7. The molecular formula is C15H13F3N2O4. The van der Waals surface area contributed by atoms with Crippen LogP contribution in [0.15, 0.2) is 35.1 Å². The average Bonchev–Trinajstić information content (AvgIpc) is 2.46. The van der Waals surface area contributed by atoms with E-state index in [0.717, 1.165) is 12.1 Å². The molecule has 6 nitrogen and oxygen atoms in total. The van der Waals surface area contributed by atoms with E-state index in [9.17, 15) is 22.8 Å². The van der Waals surface area contributed by atoms with Crippen LogP contribution in [-0.4, -0.2) is 27.2 Å². The Morgan fingerprint density at radius 3 is 2.46 bits per heavy atom. The molecule has 1 aromatic heterocycles. The lowest BCUT2D eigenvalue weighted by Gasteiger charge is -2.15. The summed E-state index contributed by atoms with van der Waals surface area (Å²) < 4.78 is 42.1. The fourth-order valence-electron chi connectivity index (χ4n) is 1.96. The Balaban J connectivity index is 2.73. The van der Waals surface area contributed by atoms with Crippen LogP contribution in [0.4, 0.5) is 13.2 Å². The van der Waals surface area contributed by atoms with Crippen LogP contribution in [0, 0.1) is 0 Å². The van der Waals surface area contributed by atoms with Crippen molar-refractivity contribution >= 4 is 5.97 Å². The fourth-order valence-corrected chi connectivity index (χ4v) is 1.96. The first kappa shape index (κ1) is 17.5. The Hall–Kier alpha value is -2.84. The van der Waals surface area contributed by atoms with Crippen molar-refractivity contribution in [1.29, 1.82) is 0 Å². The molecule has 1 N–H and O–H groups in total. The number of hydrogen-bond acceptors (Lipinski definition) is 4. The lowest BCUT2D eigenvalue weighted by atomic mass is 10.1. The molecule has 0 saturated heterocycles. The molecule has 0 aliphatic rings. The number of carboxylic acid groups (broad SMARTS) is 1. The second-order valence-electron chi connectivity index (χ2n) is 5.18. The minimum absolute atomic E-state index is 0.244. The number of carboxylic acids is 1. The summed E-state index contributed by atoms with van der Waals surface area (Å²) in [6, 6.07) is 5.99. The van der Waals surface area contributed by atoms with Gasteiger partial charge in [0.25, 0.3) is 5.56 Å². The molecule has 0 saturated carbocycles. The number of rotatable bonds is 4. The molecule has 2 aromatic rings. The van der Waals surface area contributed by atoms with Crippen molar-refractivity contribution in [2.45, 2.75) is 26.1 Å². The molecular weight excluding hydrogens is 329 g/mol. The molecule has 0 fully saturated rings. The molecule has 24 heavy (non-hydrogen) atoms. The summed E-state index contributed by atoms with van der Waals surface area (Å²) in [7, 11) is 0. The molecule has 9 heteroatoms. The minimum atomic E-state index is -4.97. The maximum Gasteiger partial charge on any atom is 0.573 e. The molecule has 0 bridgehead atoms. The smallest absolute Gasteiger partial charge is 0.477 e. The highest BCUT2D eigenvalue weighted by Gasteiger charge is 2.32. The Morgan fingerprint density at radius 1 is 1.29 bits per heavy atom. The summed E-state index contributed by atoms with van der Waals surface area (Å²) in [5.41, 5.74) is -1.70. The predicted octanol–water partition coefficient (Wildman–Crippen LogP) is 2.95. The van der Waals surface area contributed by atoms with Crippen molar-refractivity contribution < 1.29 is 27.8 Å². The zero-order valence-corrected chi connectivity index (χ0v) is 12.7. The lowest BCUT2D eigenvalue weighted by molar-refractivity contribution is -0.274. The standard InChI is InChI=1S/C15H13F3N2O4/c1-8(2)10-7-9(14(22)23)13(21)20(19-10)11-5-3-4-6-12(11)24-15(16,17)18/h3-8H,1-2H3,(H,22,23). The van der Waals surface area contributed by atoms with E-state index in [0.29, 0.717) is 4.68 Å². The lowest BCUT2D eigenvalue weighted by Crippen LogP contribution is -2.29. The summed E-state index contributed by atoms with van der Waals surface area (Å²) >= 11 is 0. The Labute approximate surface area is 134 Å². The van der Waals surface area contributed by atoms with E-state index in [2.05, 4.69) is 9.84 Å². The van der Waals surface area contributed by atoms with E-state index < -0.39 is 29.2 Å². The van der Waals surface area contributed by atoms with Crippen LogP contribution < -0.4 is 10.3 Å². The second kappa shape index (κ2) is 6.34. The van der Waals surface area contributed by atoms with Gasteiger partial charge in [0.15, 0.2) is 5.75 Å². The Kier molecular flexibility index (Phi) is 4.63. The molecule has 0 unspecified atom stereocenters. The summed E-state index contributed by atoms with van der Waals surface area (Å²) in [6.07, 6.45) is -4.97. The van der Waals surface area contributed by atoms with E-state index in [4.69, 9.17) is 5.11 Å². The Bertz CT molecular complexity index is 828. The number of carbonyl (C=O) groups is 1. The number of nitrogens with zero attached hydrogens (tertiary/aromatic N) is 2. The van der Waals surface area contributed by atoms with Gasteiger partial charge in [-0.25, -0.2) is 4.79 Å². The van der Waals surface area contributed by atoms with E-state index in [1.165, 1.54) is 18.2 Å². The normalized spacial score (nSPS) is 11.6. The van der Waals surface area contributed by atoms with Crippen molar-refractivity contribution in [3.63, 3.8) is 0 Å². The molecule has 0 atom stereocenters. The quantitative estimate of drug-likeness (QED) is 0.924. The van der Waals surface area contributed by atoms with Crippen LogP contribution >= 0.6 is 0 Å². The summed E-state index contributed by atoms with van der Waals surface area (Å²) in [6.45, 7) is 3.42. The van der Waals surface area contributed by atoms with Crippen molar-refractivity contribution in [2.24, 2.45) is 0 Å². The first-order valence-electron chi connectivity index (χ1n) is 6.83.